The molecule has 0 radical (unpaired) electrons. The third-order valence-electron chi connectivity index (χ3n) is 4.41. The van der Waals surface area contributed by atoms with Crippen LogP contribution >= 0.6 is 0 Å². The zero-order valence-corrected chi connectivity index (χ0v) is 12.3. The van der Waals surface area contributed by atoms with Gasteiger partial charge in [-0.05, 0) is 30.9 Å². The Balaban J connectivity index is 1.64. The highest BCUT2D eigenvalue weighted by Crippen LogP contribution is 2.36. The van der Waals surface area contributed by atoms with Crippen LogP contribution in [-0.2, 0) is 9.53 Å². The van der Waals surface area contributed by atoms with Gasteiger partial charge in [-0.3, -0.25) is 9.69 Å². The van der Waals surface area contributed by atoms with E-state index in [-0.39, 0.29) is 17.8 Å². The van der Waals surface area contributed by atoms with Gasteiger partial charge in [0.05, 0.1) is 12.8 Å². The quantitative estimate of drug-likeness (QED) is 0.794. The lowest BCUT2D eigenvalue weighted by Gasteiger charge is -2.39. The maximum Gasteiger partial charge on any atom is 0.323 e. The van der Waals surface area contributed by atoms with Gasteiger partial charge in [-0.2, -0.15) is 0 Å². The fourth-order valence-electron chi connectivity index (χ4n) is 3.12. The van der Waals surface area contributed by atoms with Gasteiger partial charge in [0.15, 0.2) is 0 Å². The van der Waals surface area contributed by atoms with Crippen molar-refractivity contribution in [1.82, 2.24) is 4.90 Å². The predicted octanol–water partition coefficient (Wildman–Crippen LogP) is 1.90. The molecule has 1 aliphatic carbocycles. The van der Waals surface area contributed by atoms with Gasteiger partial charge in [-0.15, -0.1) is 0 Å². The smallest absolute Gasteiger partial charge is 0.323 e. The summed E-state index contributed by atoms with van der Waals surface area (Å²) in [6, 6.07) is 6.74. The van der Waals surface area contributed by atoms with Crippen LogP contribution in [0.15, 0.2) is 24.3 Å². The van der Waals surface area contributed by atoms with Crippen molar-refractivity contribution in [3.8, 4) is 0 Å². The molecule has 5 heteroatoms. The number of hydrogen-bond acceptors (Lipinski definition) is 4. The average molecular weight is 292 g/mol. The van der Waals surface area contributed by atoms with Gasteiger partial charge in [0.1, 0.15) is 11.9 Å². The Morgan fingerprint density at radius 1 is 1.24 bits per heavy atom. The molecule has 1 aliphatic heterocycles. The number of para-hydroxylation sites is 1. The summed E-state index contributed by atoms with van der Waals surface area (Å²) < 4.78 is 18.8. The highest BCUT2D eigenvalue weighted by molar-refractivity contribution is 5.76. The van der Waals surface area contributed by atoms with Crippen LogP contribution in [0.4, 0.5) is 10.1 Å². The van der Waals surface area contributed by atoms with Crippen molar-refractivity contribution >= 4 is 11.7 Å². The van der Waals surface area contributed by atoms with Crippen LogP contribution in [0.1, 0.15) is 12.8 Å². The molecule has 1 unspecified atom stereocenters. The summed E-state index contributed by atoms with van der Waals surface area (Å²) in [5, 5.41) is 0. The molecule has 1 saturated carbocycles. The van der Waals surface area contributed by atoms with Crippen LogP contribution in [0.2, 0.25) is 0 Å². The molecule has 21 heavy (non-hydrogen) atoms. The van der Waals surface area contributed by atoms with Gasteiger partial charge < -0.3 is 9.64 Å². The number of benzene rings is 1. The van der Waals surface area contributed by atoms with E-state index in [4.69, 9.17) is 4.74 Å². The van der Waals surface area contributed by atoms with Gasteiger partial charge in [0.25, 0.3) is 0 Å². The standard InChI is InChI=1S/C16H21FN2O2/c1-21-16(20)15(12-6-7-12)19-10-8-18(9-11-19)14-5-3-2-4-13(14)17/h2-5,12,15H,6-11H2,1H3. The lowest BCUT2D eigenvalue weighted by atomic mass is 10.1. The molecule has 1 atom stereocenters. The third kappa shape index (κ3) is 3.02. The van der Waals surface area contributed by atoms with E-state index < -0.39 is 0 Å². The number of anilines is 1. The lowest BCUT2D eigenvalue weighted by Crippen LogP contribution is -2.54. The van der Waals surface area contributed by atoms with Crippen molar-refractivity contribution < 1.29 is 13.9 Å². The largest absolute Gasteiger partial charge is 0.468 e. The number of ether oxygens (including phenoxy) is 1. The Hall–Kier alpha value is -1.62. The minimum absolute atomic E-state index is 0.113. The van der Waals surface area contributed by atoms with Gasteiger partial charge in [-0.25, -0.2) is 4.39 Å². The first-order valence-corrected chi connectivity index (χ1v) is 7.52. The number of carbonyl (C=O) groups excluding carboxylic acids is 1. The first-order valence-electron chi connectivity index (χ1n) is 7.52. The second-order valence-electron chi connectivity index (χ2n) is 5.78. The number of halogens is 1. The molecule has 1 aromatic carbocycles. The Labute approximate surface area is 124 Å². The molecule has 2 fully saturated rings. The molecule has 114 valence electrons. The van der Waals surface area contributed by atoms with Crippen LogP contribution in [-0.4, -0.2) is 50.2 Å². The van der Waals surface area contributed by atoms with Gasteiger partial charge >= 0.3 is 5.97 Å². The van der Waals surface area contributed by atoms with Crippen molar-refractivity contribution in [3.05, 3.63) is 30.1 Å². The monoisotopic (exact) mass is 292 g/mol. The highest BCUT2D eigenvalue weighted by Gasteiger charge is 2.41. The molecule has 0 spiro atoms. The Morgan fingerprint density at radius 2 is 1.90 bits per heavy atom. The maximum atomic E-state index is 13.8. The Kier molecular flexibility index (Phi) is 4.10. The number of nitrogens with zero attached hydrogens (tertiary/aromatic N) is 2. The zero-order valence-electron chi connectivity index (χ0n) is 12.3. The molecule has 0 N–H and O–H groups in total. The van der Waals surface area contributed by atoms with Gasteiger partial charge in [-0.1, -0.05) is 12.1 Å². The van der Waals surface area contributed by atoms with Crippen molar-refractivity contribution in [3.63, 3.8) is 0 Å². The third-order valence-corrected chi connectivity index (χ3v) is 4.41. The van der Waals surface area contributed by atoms with Crippen molar-refractivity contribution in [2.75, 3.05) is 38.2 Å². The number of hydrogen-bond donors (Lipinski definition) is 0. The molecule has 0 amide bonds. The average Bonchev–Trinajstić information content (AvgIpc) is 3.33. The summed E-state index contributed by atoms with van der Waals surface area (Å²) in [4.78, 5) is 16.2. The van der Waals surface area contributed by atoms with E-state index in [9.17, 15) is 9.18 Å². The van der Waals surface area contributed by atoms with Gasteiger partial charge in [0.2, 0.25) is 0 Å². The molecule has 0 aromatic heterocycles. The molecule has 4 nitrogen and oxygen atoms in total. The number of esters is 1. The maximum absolute atomic E-state index is 13.8. The summed E-state index contributed by atoms with van der Waals surface area (Å²) in [5.74, 6) is 0.131. The molecule has 3 rings (SSSR count). The van der Waals surface area contributed by atoms with E-state index in [2.05, 4.69) is 4.90 Å². The van der Waals surface area contributed by atoms with Crippen LogP contribution in [0.3, 0.4) is 0 Å². The molecule has 2 aliphatic rings. The highest BCUT2D eigenvalue weighted by atomic mass is 19.1. The normalized spacial score (nSPS) is 21.1. The molecular weight excluding hydrogens is 271 g/mol. The fourth-order valence-corrected chi connectivity index (χ4v) is 3.12. The SMILES string of the molecule is COC(=O)C(C1CC1)N1CCN(c2ccccc2F)CC1. The van der Waals surface area contributed by atoms with E-state index in [1.54, 1.807) is 6.07 Å². The van der Waals surface area contributed by atoms with Crippen molar-refractivity contribution in [1.29, 1.82) is 0 Å². The Bertz CT molecular complexity index is 511. The lowest BCUT2D eigenvalue weighted by molar-refractivity contribution is -0.148. The van der Waals surface area contributed by atoms with E-state index in [0.717, 1.165) is 39.0 Å². The van der Waals surface area contributed by atoms with Gasteiger partial charge in [0, 0.05) is 26.2 Å². The molecule has 1 aromatic rings. The first-order chi connectivity index (χ1) is 10.2. The van der Waals surface area contributed by atoms with Crippen LogP contribution in [0.5, 0.6) is 0 Å². The summed E-state index contributed by atoms with van der Waals surface area (Å²) >= 11 is 0. The van der Waals surface area contributed by atoms with E-state index in [0.29, 0.717) is 11.6 Å². The second kappa shape index (κ2) is 6.02. The minimum atomic E-state index is -0.183. The Morgan fingerprint density at radius 3 is 2.48 bits per heavy atom. The first kappa shape index (κ1) is 14.3. The topological polar surface area (TPSA) is 32.8 Å². The summed E-state index contributed by atoms with van der Waals surface area (Å²) in [6.45, 7) is 3.01. The second-order valence-corrected chi connectivity index (χ2v) is 5.78. The van der Waals surface area contributed by atoms with E-state index in [1.807, 2.05) is 17.0 Å². The molecule has 1 saturated heterocycles. The number of piperazine rings is 1. The molecular formula is C16H21FN2O2. The number of rotatable bonds is 4. The minimum Gasteiger partial charge on any atom is -0.468 e. The number of methoxy groups -OCH3 is 1. The van der Waals surface area contributed by atoms with E-state index in [1.165, 1.54) is 13.2 Å². The van der Waals surface area contributed by atoms with Crippen molar-refractivity contribution in [2.45, 2.75) is 18.9 Å². The summed E-state index contributed by atoms with van der Waals surface area (Å²) in [5.41, 5.74) is 0.651. The fraction of sp³-hybridized carbons (Fsp3) is 0.562. The van der Waals surface area contributed by atoms with Crippen LogP contribution < -0.4 is 4.90 Å². The van der Waals surface area contributed by atoms with E-state index >= 15 is 0 Å². The van der Waals surface area contributed by atoms with Crippen LogP contribution in [0, 0.1) is 11.7 Å². The molecule has 1 heterocycles. The van der Waals surface area contributed by atoms with Crippen molar-refractivity contribution in [2.24, 2.45) is 5.92 Å². The summed E-state index contributed by atoms with van der Waals surface area (Å²) in [7, 11) is 1.45. The zero-order chi connectivity index (χ0) is 14.8. The summed E-state index contributed by atoms with van der Waals surface area (Å²) in [6.07, 6.45) is 2.21. The molecule has 0 bridgehead atoms. The van der Waals surface area contributed by atoms with Crippen LogP contribution in [0.25, 0.3) is 0 Å². The predicted molar refractivity (Wildman–Crippen MR) is 78.7 cm³/mol. The number of carbonyl (C=O) groups is 1.